The summed E-state index contributed by atoms with van der Waals surface area (Å²) < 4.78 is 5.69. The van der Waals surface area contributed by atoms with Crippen LogP contribution in [0.5, 0.6) is 0 Å². The third-order valence-electron chi connectivity index (χ3n) is 3.63. The number of ketones is 2. The van der Waals surface area contributed by atoms with Crippen molar-refractivity contribution in [3.8, 4) is 0 Å². The van der Waals surface area contributed by atoms with Gasteiger partial charge in [-0.3, -0.25) is 14.4 Å². The van der Waals surface area contributed by atoms with E-state index in [2.05, 4.69) is 0 Å². The lowest BCUT2D eigenvalue weighted by molar-refractivity contribution is 0.0994. The SMILES string of the molecule is O=C1C=CC(=O)c2cc3c(=O)c4ccccc4oc3cc21. The summed E-state index contributed by atoms with van der Waals surface area (Å²) in [6.07, 6.45) is 2.45. The molecule has 1 aromatic heterocycles. The first-order valence-corrected chi connectivity index (χ1v) is 6.41. The minimum absolute atomic E-state index is 0.204. The lowest BCUT2D eigenvalue weighted by atomic mass is 9.93. The van der Waals surface area contributed by atoms with E-state index >= 15 is 0 Å². The molecule has 4 rings (SSSR count). The molecule has 0 saturated heterocycles. The molecule has 0 aliphatic heterocycles. The Morgan fingerprint density at radius 3 is 2.14 bits per heavy atom. The van der Waals surface area contributed by atoms with Gasteiger partial charge in [0.1, 0.15) is 11.2 Å². The second-order valence-corrected chi connectivity index (χ2v) is 4.88. The van der Waals surface area contributed by atoms with Crippen molar-refractivity contribution in [1.29, 1.82) is 0 Å². The van der Waals surface area contributed by atoms with E-state index in [0.717, 1.165) is 0 Å². The van der Waals surface area contributed by atoms with Gasteiger partial charge in [-0.15, -0.1) is 0 Å². The van der Waals surface area contributed by atoms with Crippen molar-refractivity contribution in [2.45, 2.75) is 0 Å². The standard InChI is InChI=1S/C17H8O4/c18-13-5-6-14(19)11-8-16-12(7-10(11)13)17(20)9-3-1-2-4-15(9)21-16/h1-8H. The second kappa shape index (κ2) is 3.99. The van der Waals surface area contributed by atoms with Gasteiger partial charge in [-0.05, 0) is 36.4 Å². The molecule has 0 amide bonds. The van der Waals surface area contributed by atoms with Gasteiger partial charge in [0, 0.05) is 11.1 Å². The van der Waals surface area contributed by atoms with Gasteiger partial charge in [-0.2, -0.15) is 0 Å². The highest BCUT2D eigenvalue weighted by Gasteiger charge is 2.21. The minimum Gasteiger partial charge on any atom is -0.456 e. The lowest BCUT2D eigenvalue weighted by Crippen LogP contribution is -2.13. The highest BCUT2D eigenvalue weighted by molar-refractivity contribution is 6.23. The van der Waals surface area contributed by atoms with E-state index in [1.54, 1.807) is 24.3 Å². The first kappa shape index (κ1) is 11.8. The highest BCUT2D eigenvalue weighted by Crippen LogP contribution is 2.25. The number of carbonyl (C=O) groups is 2. The van der Waals surface area contributed by atoms with Crippen molar-refractivity contribution >= 4 is 33.5 Å². The van der Waals surface area contributed by atoms with Gasteiger partial charge in [-0.25, -0.2) is 0 Å². The second-order valence-electron chi connectivity index (χ2n) is 4.88. The molecule has 0 radical (unpaired) electrons. The first-order valence-electron chi connectivity index (χ1n) is 6.41. The van der Waals surface area contributed by atoms with Crippen LogP contribution in [0.25, 0.3) is 21.9 Å². The molecule has 1 aliphatic carbocycles. The summed E-state index contributed by atoms with van der Waals surface area (Å²) in [5, 5.41) is 0.763. The third kappa shape index (κ3) is 1.59. The minimum atomic E-state index is -0.279. The van der Waals surface area contributed by atoms with Gasteiger partial charge in [0.15, 0.2) is 11.6 Å². The Labute approximate surface area is 118 Å². The zero-order valence-corrected chi connectivity index (χ0v) is 10.8. The summed E-state index contributed by atoms with van der Waals surface area (Å²) in [6.45, 7) is 0. The third-order valence-corrected chi connectivity index (χ3v) is 3.63. The first-order chi connectivity index (χ1) is 10.1. The maximum absolute atomic E-state index is 12.5. The Hall–Kier alpha value is -3.01. The van der Waals surface area contributed by atoms with Crippen molar-refractivity contribution in [3.63, 3.8) is 0 Å². The summed E-state index contributed by atoms with van der Waals surface area (Å²) in [5.74, 6) is -0.540. The molecule has 0 N–H and O–H groups in total. The molecular formula is C17H8O4. The van der Waals surface area contributed by atoms with Gasteiger partial charge in [0.25, 0.3) is 0 Å². The Bertz CT molecular complexity index is 1040. The molecule has 21 heavy (non-hydrogen) atoms. The molecular weight excluding hydrogens is 268 g/mol. The molecule has 100 valence electrons. The maximum Gasteiger partial charge on any atom is 0.200 e. The van der Waals surface area contributed by atoms with Crippen LogP contribution < -0.4 is 5.43 Å². The number of hydrogen-bond donors (Lipinski definition) is 0. The van der Waals surface area contributed by atoms with Gasteiger partial charge >= 0.3 is 0 Å². The summed E-state index contributed by atoms with van der Waals surface area (Å²) in [5.41, 5.74) is 1.09. The molecule has 4 heteroatoms. The van der Waals surface area contributed by atoms with Crippen LogP contribution in [0.1, 0.15) is 20.7 Å². The van der Waals surface area contributed by atoms with Crippen LogP contribution >= 0.6 is 0 Å². The zero-order chi connectivity index (χ0) is 14.6. The van der Waals surface area contributed by atoms with E-state index in [0.29, 0.717) is 21.9 Å². The van der Waals surface area contributed by atoms with Crippen molar-refractivity contribution in [2.24, 2.45) is 0 Å². The summed E-state index contributed by atoms with van der Waals surface area (Å²) in [7, 11) is 0. The fourth-order valence-electron chi connectivity index (χ4n) is 2.59. The lowest BCUT2D eigenvalue weighted by Gasteiger charge is -2.10. The largest absolute Gasteiger partial charge is 0.456 e. The number of carbonyl (C=O) groups excluding carboxylic acids is 2. The molecule has 0 atom stereocenters. The van der Waals surface area contributed by atoms with Crippen molar-refractivity contribution in [1.82, 2.24) is 0 Å². The van der Waals surface area contributed by atoms with Crippen LogP contribution in [-0.2, 0) is 0 Å². The van der Waals surface area contributed by atoms with Gasteiger partial charge < -0.3 is 4.42 Å². The smallest absolute Gasteiger partial charge is 0.200 e. The fourth-order valence-corrected chi connectivity index (χ4v) is 2.59. The molecule has 3 aromatic rings. The number of benzene rings is 2. The molecule has 0 saturated carbocycles. The Morgan fingerprint density at radius 2 is 1.38 bits per heavy atom. The van der Waals surface area contributed by atoms with Crippen LogP contribution in [0.4, 0.5) is 0 Å². The topological polar surface area (TPSA) is 64.3 Å². The van der Waals surface area contributed by atoms with E-state index in [4.69, 9.17) is 4.42 Å². The quantitative estimate of drug-likeness (QED) is 0.592. The van der Waals surface area contributed by atoms with Gasteiger partial charge in [-0.1, -0.05) is 12.1 Å². The molecule has 2 aromatic carbocycles. The highest BCUT2D eigenvalue weighted by atomic mass is 16.3. The van der Waals surface area contributed by atoms with Crippen LogP contribution in [0.15, 0.2) is 57.8 Å². The normalized spacial score (nSPS) is 13.9. The van der Waals surface area contributed by atoms with E-state index < -0.39 is 0 Å². The summed E-state index contributed by atoms with van der Waals surface area (Å²) in [4.78, 5) is 36.2. The summed E-state index contributed by atoms with van der Waals surface area (Å²) in [6, 6.07) is 9.82. The summed E-state index contributed by atoms with van der Waals surface area (Å²) >= 11 is 0. The average Bonchev–Trinajstić information content (AvgIpc) is 2.50. The molecule has 1 heterocycles. The van der Waals surface area contributed by atoms with Crippen molar-refractivity contribution in [2.75, 3.05) is 0 Å². The average molecular weight is 276 g/mol. The van der Waals surface area contributed by atoms with Crippen molar-refractivity contribution < 1.29 is 14.0 Å². The Morgan fingerprint density at radius 1 is 0.714 bits per heavy atom. The Balaban J connectivity index is 2.20. The fraction of sp³-hybridized carbons (Fsp3) is 0. The van der Waals surface area contributed by atoms with E-state index in [-0.39, 0.29) is 28.1 Å². The Kier molecular flexibility index (Phi) is 2.24. The van der Waals surface area contributed by atoms with Gasteiger partial charge in [0.05, 0.1) is 10.8 Å². The number of rotatable bonds is 0. The molecule has 0 spiro atoms. The molecule has 0 unspecified atom stereocenters. The molecule has 1 aliphatic rings. The van der Waals surface area contributed by atoms with E-state index in [1.807, 2.05) is 0 Å². The molecule has 0 bridgehead atoms. The molecule has 4 nitrogen and oxygen atoms in total. The number of hydrogen-bond acceptors (Lipinski definition) is 4. The van der Waals surface area contributed by atoms with Crippen LogP contribution in [0.3, 0.4) is 0 Å². The zero-order valence-electron chi connectivity index (χ0n) is 10.8. The molecule has 0 fully saturated rings. The predicted octanol–water partition coefficient (Wildman–Crippen LogP) is 2.88. The maximum atomic E-state index is 12.5. The van der Waals surface area contributed by atoms with E-state index in [9.17, 15) is 14.4 Å². The monoisotopic (exact) mass is 276 g/mol. The van der Waals surface area contributed by atoms with E-state index in [1.165, 1.54) is 24.3 Å². The van der Waals surface area contributed by atoms with Crippen LogP contribution in [0, 0.1) is 0 Å². The number of allylic oxidation sites excluding steroid dienone is 2. The predicted molar refractivity (Wildman–Crippen MR) is 77.8 cm³/mol. The number of fused-ring (bicyclic) bond motifs is 3. The number of para-hydroxylation sites is 1. The van der Waals surface area contributed by atoms with Crippen LogP contribution in [0.2, 0.25) is 0 Å². The van der Waals surface area contributed by atoms with Crippen LogP contribution in [-0.4, -0.2) is 11.6 Å². The van der Waals surface area contributed by atoms with Crippen molar-refractivity contribution in [3.05, 3.63) is 69.9 Å². The van der Waals surface area contributed by atoms with Gasteiger partial charge in [0.2, 0.25) is 5.43 Å².